The lowest BCUT2D eigenvalue weighted by atomic mass is 10.0. The summed E-state index contributed by atoms with van der Waals surface area (Å²) < 4.78 is 10.3. The number of aryl methyl sites for hydroxylation is 1. The molecule has 2 saturated heterocycles. The van der Waals surface area contributed by atoms with E-state index in [-0.39, 0.29) is 18.2 Å². The van der Waals surface area contributed by atoms with Crippen LogP contribution in [-0.4, -0.2) is 43.0 Å². The first kappa shape index (κ1) is 21.0. The largest absolute Gasteiger partial charge is 0.447 e. The predicted molar refractivity (Wildman–Crippen MR) is 125 cm³/mol. The van der Waals surface area contributed by atoms with Crippen molar-refractivity contribution in [1.82, 2.24) is 4.98 Å². The van der Waals surface area contributed by atoms with E-state index in [0.29, 0.717) is 26.2 Å². The second-order valence-corrected chi connectivity index (χ2v) is 8.35. The quantitative estimate of drug-likeness (QED) is 0.561. The fourth-order valence-corrected chi connectivity index (χ4v) is 4.31. The van der Waals surface area contributed by atoms with Crippen LogP contribution in [0.5, 0.6) is 0 Å². The lowest BCUT2D eigenvalue weighted by Gasteiger charge is -2.21. The summed E-state index contributed by atoms with van der Waals surface area (Å²) in [4.78, 5) is 32.1. The molecular formula is C26H25N3O4. The number of ether oxygens (including phenoxy) is 2. The molecule has 0 spiro atoms. The smallest absolute Gasteiger partial charge is 0.414 e. The van der Waals surface area contributed by atoms with Crippen LogP contribution in [0.15, 0.2) is 66.7 Å². The average molecular weight is 444 g/mol. The standard InChI is InChI=1S/C26H25N3O4/c1-18-3-2-4-21(27-18)16-24-17-33-26(31)29(24)23-11-7-20(8-12-23)15-19-5-9-22(10-6-19)28-13-14-32-25(28)30/h2-12,24H,13-17H2,1H3. The SMILES string of the molecule is Cc1cccc(CC2COC(=O)N2c2ccc(Cc3ccc(N4CCOC4=O)cc3)cc2)n1. The van der Waals surface area contributed by atoms with Gasteiger partial charge in [-0.05, 0) is 60.9 Å². The van der Waals surface area contributed by atoms with Gasteiger partial charge >= 0.3 is 12.2 Å². The monoisotopic (exact) mass is 443 g/mol. The number of anilines is 2. The summed E-state index contributed by atoms with van der Waals surface area (Å²) in [7, 11) is 0. The maximum atomic E-state index is 12.4. The summed E-state index contributed by atoms with van der Waals surface area (Å²) >= 11 is 0. The Balaban J connectivity index is 1.26. The number of benzene rings is 2. The number of hydrogen-bond donors (Lipinski definition) is 0. The number of aromatic nitrogens is 1. The summed E-state index contributed by atoms with van der Waals surface area (Å²) in [6.07, 6.45) is 0.782. The topological polar surface area (TPSA) is 72.0 Å². The van der Waals surface area contributed by atoms with Crippen molar-refractivity contribution in [2.75, 3.05) is 29.6 Å². The van der Waals surface area contributed by atoms with E-state index >= 15 is 0 Å². The molecule has 0 N–H and O–H groups in total. The van der Waals surface area contributed by atoms with Crippen LogP contribution in [0.2, 0.25) is 0 Å². The van der Waals surface area contributed by atoms with Gasteiger partial charge in [0.2, 0.25) is 0 Å². The lowest BCUT2D eigenvalue weighted by molar-refractivity contribution is 0.178. The van der Waals surface area contributed by atoms with Crippen LogP contribution in [0.25, 0.3) is 0 Å². The van der Waals surface area contributed by atoms with Crippen molar-refractivity contribution in [1.29, 1.82) is 0 Å². The summed E-state index contributed by atoms with van der Waals surface area (Å²) in [6.45, 7) is 3.33. The molecule has 3 heterocycles. The van der Waals surface area contributed by atoms with Gasteiger partial charge in [-0.2, -0.15) is 0 Å². The molecular weight excluding hydrogens is 418 g/mol. The van der Waals surface area contributed by atoms with Gasteiger partial charge in [0.25, 0.3) is 0 Å². The fourth-order valence-electron chi connectivity index (χ4n) is 4.31. The highest BCUT2D eigenvalue weighted by atomic mass is 16.6. The van der Waals surface area contributed by atoms with E-state index in [1.54, 1.807) is 9.80 Å². The zero-order chi connectivity index (χ0) is 22.8. The highest BCUT2D eigenvalue weighted by Gasteiger charge is 2.34. The molecule has 0 saturated carbocycles. The molecule has 7 nitrogen and oxygen atoms in total. The van der Waals surface area contributed by atoms with Crippen LogP contribution in [-0.2, 0) is 22.3 Å². The second kappa shape index (κ2) is 8.94. The zero-order valence-electron chi connectivity index (χ0n) is 18.4. The first-order valence-corrected chi connectivity index (χ1v) is 11.1. The molecule has 2 fully saturated rings. The summed E-state index contributed by atoms with van der Waals surface area (Å²) in [5.41, 5.74) is 5.85. The van der Waals surface area contributed by atoms with E-state index in [2.05, 4.69) is 4.98 Å². The molecule has 3 aromatic rings. The van der Waals surface area contributed by atoms with Gasteiger partial charge in [0.15, 0.2) is 0 Å². The van der Waals surface area contributed by atoms with Crippen LogP contribution in [0.1, 0.15) is 22.5 Å². The number of amides is 2. The molecule has 7 heteroatoms. The Kier molecular flexibility index (Phi) is 5.69. The molecule has 2 aromatic carbocycles. The van der Waals surface area contributed by atoms with Gasteiger partial charge in [0.05, 0.1) is 12.6 Å². The predicted octanol–water partition coefficient (Wildman–Crippen LogP) is 4.51. The van der Waals surface area contributed by atoms with Crippen molar-refractivity contribution in [3.05, 3.63) is 89.2 Å². The maximum absolute atomic E-state index is 12.4. The Labute approximate surface area is 192 Å². The highest BCUT2D eigenvalue weighted by Crippen LogP contribution is 2.26. The molecule has 1 atom stereocenters. The van der Waals surface area contributed by atoms with Crippen LogP contribution in [0.4, 0.5) is 21.0 Å². The van der Waals surface area contributed by atoms with Gasteiger partial charge in [-0.1, -0.05) is 30.3 Å². The number of cyclic esters (lactones) is 2. The minimum Gasteiger partial charge on any atom is -0.447 e. The normalized spacial score (nSPS) is 17.9. The molecule has 2 aliphatic rings. The van der Waals surface area contributed by atoms with Crippen LogP contribution in [0, 0.1) is 6.92 Å². The molecule has 1 unspecified atom stereocenters. The van der Waals surface area contributed by atoms with Crippen LogP contribution < -0.4 is 9.80 Å². The van der Waals surface area contributed by atoms with Gasteiger partial charge in [-0.25, -0.2) is 9.59 Å². The van der Waals surface area contributed by atoms with E-state index in [0.717, 1.165) is 40.3 Å². The van der Waals surface area contributed by atoms with Crippen molar-refractivity contribution in [2.45, 2.75) is 25.8 Å². The third-order valence-corrected chi connectivity index (χ3v) is 5.98. The number of carbonyl (C=O) groups is 2. The van der Waals surface area contributed by atoms with Crippen molar-refractivity contribution in [2.24, 2.45) is 0 Å². The average Bonchev–Trinajstić information content (AvgIpc) is 3.40. The minimum absolute atomic E-state index is 0.0810. The van der Waals surface area contributed by atoms with Crippen molar-refractivity contribution in [3.8, 4) is 0 Å². The van der Waals surface area contributed by atoms with E-state index in [9.17, 15) is 9.59 Å². The Morgan fingerprint density at radius 1 is 0.879 bits per heavy atom. The second-order valence-electron chi connectivity index (χ2n) is 8.35. The fraction of sp³-hybridized carbons (Fsp3) is 0.269. The summed E-state index contributed by atoms with van der Waals surface area (Å²) in [6, 6.07) is 21.8. The number of nitrogens with zero attached hydrogens (tertiary/aromatic N) is 3. The first-order valence-electron chi connectivity index (χ1n) is 11.1. The summed E-state index contributed by atoms with van der Waals surface area (Å²) in [5, 5.41) is 0. The lowest BCUT2D eigenvalue weighted by Crippen LogP contribution is -2.35. The molecule has 0 radical (unpaired) electrons. The molecule has 1 aromatic heterocycles. The van der Waals surface area contributed by atoms with Gasteiger partial charge < -0.3 is 9.47 Å². The molecule has 168 valence electrons. The molecule has 2 aliphatic heterocycles. The van der Waals surface area contributed by atoms with Gasteiger partial charge in [0.1, 0.15) is 13.2 Å². The molecule has 0 aliphatic carbocycles. The maximum Gasteiger partial charge on any atom is 0.414 e. The zero-order valence-corrected chi connectivity index (χ0v) is 18.4. The van der Waals surface area contributed by atoms with E-state index in [1.165, 1.54) is 0 Å². The third kappa shape index (κ3) is 4.53. The highest BCUT2D eigenvalue weighted by molar-refractivity contribution is 5.90. The van der Waals surface area contributed by atoms with E-state index in [4.69, 9.17) is 9.47 Å². The minimum atomic E-state index is -0.323. The Bertz CT molecular complexity index is 1160. The number of carbonyl (C=O) groups excluding carboxylic acids is 2. The molecule has 2 amide bonds. The Morgan fingerprint density at radius 3 is 2.21 bits per heavy atom. The van der Waals surface area contributed by atoms with Crippen molar-refractivity contribution in [3.63, 3.8) is 0 Å². The first-order chi connectivity index (χ1) is 16.1. The molecule has 33 heavy (non-hydrogen) atoms. The third-order valence-electron chi connectivity index (χ3n) is 5.98. The van der Waals surface area contributed by atoms with Crippen molar-refractivity contribution >= 4 is 23.6 Å². The number of rotatable bonds is 6. The molecule has 0 bridgehead atoms. The number of hydrogen-bond acceptors (Lipinski definition) is 5. The van der Waals surface area contributed by atoms with E-state index in [1.807, 2.05) is 73.7 Å². The van der Waals surface area contributed by atoms with Crippen LogP contribution >= 0.6 is 0 Å². The van der Waals surface area contributed by atoms with Crippen molar-refractivity contribution < 1.29 is 19.1 Å². The Hall–Kier alpha value is -3.87. The summed E-state index contributed by atoms with van der Waals surface area (Å²) in [5.74, 6) is 0. The number of pyridine rings is 1. The molecule has 5 rings (SSSR count). The van der Waals surface area contributed by atoms with Crippen LogP contribution in [0.3, 0.4) is 0 Å². The van der Waals surface area contributed by atoms with E-state index < -0.39 is 0 Å². The van der Waals surface area contributed by atoms with Gasteiger partial charge in [-0.3, -0.25) is 14.8 Å². The van der Waals surface area contributed by atoms with Gasteiger partial charge in [0, 0.05) is 29.2 Å². The van der Waals surface area contributed by atoms with Gasteiger partial charge in [-0.15, -0.1) is 0 Å². The Morgan fingerprint density at radius 2 is 1.58 bits per heavy atom.